The fourth-order valence-corrected chi connectivity index (χ4v) is 1.15. The molecule has 0 saturated carbocycles. The van der Waals surface area contributed by atoms with Crippen LogP contribution >= 0.6 is 0 Å². The number of nitrogens with one attached hydrogen (secondary N) is 1. The quantitative estimate of drug-likeness (QED) is 0.541. The van der Waals surface area contributed by atoms with Crippen molar-refractivity contribution < 1.29 is 9.47 Å². The number of methoxy groups -OCH3 is 1. The van der Waals surface area contributed by atoms with Crippen molar-refractivity contribution in [1.29, 1.82) is 0 Å². The van der Waals surface area contributed by atoms with Crippen LogP contribution in [0.3, 0.4) is 0 Å². The molecular weight excluding hydrogens is 194 g/mol. The van der Waals surface area contributed by atoms with Crippen LogP contribution in [-0.4, -0.2) is 24.8 Å². The van der Waals surface area contributed by atoms with Crippen LogP contribution in [0.25, 0.3) is 0 Å². The summed E-state index contributed by atoms with van der Waals surface area (Å²) in [6.45, 7) is 2.99. The first-order valence-electron chi connectivity index (χ1n) is 4.79. The zero-order valence-electron chi connectivity index (χ0n) is 9.06. The molecule has 0 amide bonds. The molecule has 1 heterocycles. The number of nitrogens with zero attached hydrogens (tertiary/aromatic N) is 1. The summed E-state index contributed by atoms with van der Waals surface area (Å²) in [6, 6.07) is 5.56. The summed E-state index contributed by atoms with van der Waals surface area (Å²) >= 11 is 0. The van der Waals surface area contributed by atoms with Gasteiger partial charge in [0.05, 0.1) is 25.0 Å². The van der Waals surface area contributed by atoms with Crippen LogP contribution < -0.4 is 11.3 Å². The Morgan fingerprint density at radius 1 is 1.53 bits per heavy atom. The van der Waals surface area contributed by atoms with Gasteiger partial charge in [-0.25, -0.2) is 10.8 Å². The third-order valence-electron chi connectivity index (χ3n) is 1.87. The molecule has 1 atom stereocenters. The van der Waals surface area contributed by atoms with Crippen molar-refractivity contribution in [3.63, 3.8) is 0 Å². The predicted octanol–water partition coefficient (Wildman–Crippen LogP) is 0.919. The average molecular weight is 211 g/mol. The van der Waals surface area contributed by atoms with Gasteiger partial charge >= 0.3 is 0 Å². The fraction of sp³-hybridized carbons (Fsp3) is 0.500. The largest absolute Gasteiger partial charge is 0.382 e. The second-order valence-electron chi connectivity index (χ2n) is 3.24. The monoisotopic (exact) mass is 211 g/mol. The minimum atomic E-state index is 0.0614. The Kier molecular flexibility index (Phi) is 5.03. The topological polar surface area (TPSA) is 69.4 Å². The van der Waals surface area contributed by atoms with Crippen molar-refractivity contribution in [2.45, 2.75) is 19.6 Å². The van der Waals surface area contributed by atoms with Crippen molar-refractivity contribution >= 4 is 5.82 Å². The van der Waals surface area contributed by atoms with Gasteiger partial charge in [0, 0.05) is 7.11 Å². The minimum Gasteiger partial charge on any atom is -0.382 e. The SMILES string of the molecule is COCC(C)OCc1cccc(NN)n1. The maximum absolute atomic E-state index is 5.51. The summed E-state index contributed by atoms with van der Waals surface area (Å²) < 4.78 is 10.5. The molecule has 5 heteroatoms. The summed E-state index contributed by atoms with van der Waals surface area (Å²) in [4.78, 5) is 4.22. The second-order valence-corrected chi connectivity index (χ2v) is 3.24. The molecule has 1 unspecified atom stereocenters. The lowest BCUT2D eigenvalue weighted by atomic mass is 10.3. The Balaban J connectivity index is 2.43. The zero-order chi connectivity index (χ0) is 11.1. The van der Waals surface area contributed by atoms with Crippen LogP contribution in [0.15, 0.2) is 18.2 Å². The highest BCUT2D eigenvalue weighted by atomic mass is 16.5. The van der Waals surface area contributed by atoms with Gasteiger partial charge < -0.3 is 14.9 Å². The number of rotatable bonds is 6. The van der Waals surface area contributed by atoms with Crippen molar-refractivity contribution in [1.82, 2.24) is 4.98 Å². The number of hydrogen-bond acceptors (Lipinski definition) is 5. The Morgan fingerprint density at radius 2 is 2.33 bits per heavy atom. The average Bonchev–Trinajstić information content (AvgIpc) is 2.27. The molecule has 0 radical (unpaired) electrons. The molecule has 0 bridgehead atoms. The molecule has 0 aromatic carbocycles. The third-order valence-corrected chi connectivity index (χ3v) is 1.87. The van der Waals surface area contributed by atoms with Crippen molar-refractivity contribution in [3.8, 4) is 0 Å². The maximum Gasteiger partial charge on any atom is 0.140 e. The van der Waals surface area contributed by atoms with E-state index in [-0.39, 0.29) is 6.10 Å². The molecule has 0 aliphatic rings. The van der Waals surface area contributed by atoms with Gasteiger partial charge in [-0.2, -0.15) is 0 Å². The molecule has 1 aromatic rings. The van der Waals surface area contributed by atoms with Gasteiger partial charge in [0.2, 0.25) is 0 Å². The summed E-state index contributed by atoms with van der Waals surface area (Å²) in [7, 11) is 1.65. The smallest absolute Gasteiger partial charge is 0.140 e. The molecule has 0 aliphatic carbocycles. The first-order valence-corrected chi connectivity index (χ1v) is 4.79. The molecule has 1 aromatic heterocycles. The van der Waals surface area contributed by atoms with Crippen LogP contribution in [0.5, 0.6) is 0 Å². The highest BCUT2D eigenvalue weighted by molar-refractivity contribution is 5.33. The number of ether oxygens (including phenoxy) is 2. The zero-order valence-corrected chi connectivity index (χ0v) is 9.06. The summed E-state index contributed by atoms with van der Waals surface area (Å²) in [6.07, 6.45) is 0.0614. The van der Waals surface area contributed by atoms with E-state index in [0.717, 1.165) is 5.69 Å². The number of hydrogen-bond donors (Lipinski definition) is 2. The van der Waals surface area contributed by atoms with E-state index in [0.29, 0.717) is 19.0 Å². The van der Waals surface area contributed by atoms with E-state index >= 15 is 0 Å². The highest BCUT2D eigenvalue weighted by Gasteiger charge is 2.02. The molecule has 15 heavy (non-hydrogen) atoms. The van der Waals surface area contributed by atoms with E-state index in [1.807, 2.05) is 19.1 Å². The lowest BCUT2D eigenvalue weighted by Gasteiger charge is -2.11. The van der Waals surface area contributed by atoms with Gasteiger partial charge in [0.15, 0.2) is 0 Å². The minimum absolute atomic E-state index is 0.0614. The van der Waals surface area contributed by atoms with Gasteiger partial charge in [0.1, 0.15) is 5.82 Å². The molecular formula is C10H17N3O2. The number of nitrogens with two attached hydrogens (primary N) is 1. The second kappa shape index (κ2) is 6.34. The van der Waals surface area contributed by atoms with Crippen LogP contribution in [-0.2, 0) is 16.1 Å². The Morgan fingerprint density at radius 3 is 3.00 bits per heavy atom. The molecule has 0 fully saturated rings. The summed E-state index contributed by atoms with van der Waals surface area (Å²) in [5.41, 5.74) is 3.33. The number of pyridine rings is 1. The predicted molar refractivity (Wildman–Crippen MR) is 58.2 cm³/mol. The number of aromatic nitrogens is 1. The summed E-state index contributed by atoms with van der Waals surface area (Å²) in [5.74, 6) is 5.88. The third kappa shape index (κ3) is 4.24. The van der Waals surface area contributed by atoms with E-state index in [9.17, 15) is 0 Å². The van der Waals surface area contributed by atoms with Gasteiger partial charge in [0.25, 0.3) is 0 Å². The maximum atomic E-state index is 5.51. The van der Waals surface area contributed by atoms with Crippen LogP contribution in [0, 0.1) is 0 Å². The van der Waals surface area contributed by atoms with Crippen molar-refractivity contribution in [2.24, 2.45) is 5.84 Å². The van der Waals surface area contributed by atoms with E-state index in [1.54, 1.807) is 13.2 Å². The first kappa shape index (κ1) is 11.9. The normalized spacial score (nSPS) is 12.5. The highest BCUT2D eigenvalue weighted by Crippen LogP contribution is 2.05. The van der Waals surface area contributed by atoms with Crippen LogP contribution in [0.2, 0.25) is 0 Å². The molecule has 1 rings (SSSR count). The van der Waals surface area contributed by atoms with Gasteiger partial charge in [-0.15, -0.1) is 0 Å². The van der Waals surface area contributed by atoms with E-state index < -0.39 is 0 Å². The first-order chi connectivity index (χ1) is 7.26. The number of anilines is 1. The van der Waals surface area contributed by atoms with E-state index in [1.165, 1.54) is 0 Å². The Bertz CT molecular complexity index is 294. The molecule has 0 aliphatic heterocycles. The van der Waals surface area contributed by atoms with Gasteiger partial charge in [-0.05, 0) is 19.1 Å². The molecule has 84 valence electrons. The van der Waals surface area contributed by atoms with E-state index in [2.05, 4.69) is 10.4 Å². The fourth-order valence-electron chi connectivity index (χ4n) is 1.15. The molecule has 0 spiro atoms. The van der Waals surface area contributed by atoms with Gasteiger partial charge in [-0.1, -0.05) is 6.07 Å². The molecule has 3 N–H and O–H groups in total. The van der Waals surface area contributed by atoms with Crippen molar-refractivity contribution in [3.05, 3.63) is 23.9 Å². The lowest BCUT2D eigenvalue weighted by Crippen LogP contribution is -2.15. The van der Waals surface area contributed by atoms with Crippen LogP contribution in [0.1, 0.15) is 12.6 Å². The van der Waals surface area contributed by atoms with Crippen molar-refractivity contribution in [2.75, 3.05) is 19.1 Å². The Hall–Kier alpha value is -1.17. The molecule has 5 nitrogen and oxygen atoms in total. The lowest BCUT2D eigenvalue weighted by molar-refractivity contribution is -0.00133. The Labute approximate surface area is 89.6 Å². The van der Waals surface area contributed by atoms with Gasteiger partial charge in [-0.3, -0.25) is 0 Å². The van der Waals surface area contributed by atoms with Crippen LogP contribution in [0.4, 0.5) is 5.82 Å². The standard InChI is InChI=1S/C10H17N3O2/c1-8(6-14-2)15-7-9-4-3-5-10(12-9)13-11/h3-5,8H,6-7,11H2,1-2H3,(H,12,13). The number of nitrogen functional groups attached to an aromatic ring is 1. The number of hydrazine groups is 1. The molecule has 0 saturated heterocycles. The van der Waals surface area contributed by atoms with E-state index in [4.69, 9.17) is 15.3 Å². The summed E-state index contributed by atoms with van der Waals surface area (Å²) in [5, 5.41) is 0.